The van der Waals surface area contributed by atoms with Crippen LogP contribution in [0.25, 0.3) is 0 Å². The fraction of sp³-hybridized carbons (Fsp3) is 0.130. The van der Waals surface area contributed by atoms with Gasteiger partial charge in [-0.1, -0.05) is 60.1 Å². The molecule has 8 nitrogen and oxygen atoms in total. The van der Waals surface area contributed by atoms with Gasteiger partial charge in [-0.2, -0.15) is 0 Å². The van der Waals surface area contributed by atoms with E-state index in [2.05, 4.69) is 15.4 Å². The molecule has 0 aliphatic heterocycles. The number of halogens is 1. The second-order valence-corrected chi connectivity index (χ2v) is 9.36. The van der Waals surface area contributed by atoms with Gasteiger partial charge in [0.2, 0.25) is 5.91 Å². The Balaban J connectivity index is 1.83. The molecule has 0 heterocycles. The fourth-order valence-corrected chi connectivity index (χ4v) is 4.76. The van der Waals surface area contributed by atoms with Crippen molar-refractivity contribution < 1.29 is 18.0 Å². The highest BCUT2D eigenvalue weighted by molar-refractivity contribution is 7.92. The molecule has 172 valence electrons. The second-order valence-electron chi connectivity index (χ2n) is 7.31. The number of para-hydroxylation sites is 1. The van der Waals surface area contributed by atoms with E-state index in [1.807, 2.05) is 30.3 Å². The molecule has 0 fully saturated rings. The zero-order chi connectivity index (χ0) is 24.0. The lowest BCUT2D eigenvalue weighted by Crippen LogP contribution is -2.47. The molecule has 0 spiro atoms. The number of aryl methyl sites for hydroxylation is 1. The van der Waals surface area contributed by atoms with Crippen LogP contribution in [0.5, 0.6) is 0 Å². The molecule has 33 heavy (non-hydrogen) atoms. The third kappa shape index (κ3) is 6.47. The van der Waals surface area contributed by atoms with Crippen molar-refractivity contribution in [2.24, 2.45) is 5.73 Å². The molecule has 1 unspecified atom stereocenters. The van der Waals surface area contributed by atoms with E-state index in [9.17, 15) is 18.0 Å². The number of rotatable bonds is 8. The van der Waals surface area contributed by atoms with E-state index < -0.39 is 28.0 Å². The average Bonchev–Trinajstić information content (AvgIpc) is 2.76. The van der Waals surface area contributed by atoms with Crippen molar-refractivity contribution in [1.29, 1.82) is 0 Å². The topological polar surface area (TPSA) is 130 Å². The summed E-state index contributed by atoms with van der Waals surface area (Å²) in [5, 5.41) is 5.33. The first-order valence-corrected chi connectivity index (χ1v) is 11.8. The molecule has 10 heteroatoms. The van der Waals surface area contributed by atoms with Crippen molar-refractivity contribution in [3.05, 3.63) is 88.9 Å². The van der Waals surface area contributed by atoms with Crippen molar-refractivity contribution >= 4 is 44.9 Å². The Bertz CT molecular complexity index is 1270. The predicted octanol–water partition coefficient (Wildman–Crippen LogP) is 3.67. The van der Waals surface area contributed by atoms with Gasteiger partial charge in [0.15, 0.2) is 0 Å². The van der Waals surface area contributed by atoms with Crippen LogP contribution >= 0.6 is 11.6 Å². The minimum absolute atomic E-state index is 0.0253. The fourth-order valence-electron chi connectivity index (χ4n) is 3.17. The van der Waals surface area contributed by atoms with Crippen molar-refractivity contribution in [2.45, 2.75) is 24.3 Å². The largest absolute Gasteiger partial charge is 0.352 e. The third-order valence-electron chi connectivity index (χ3n) is 4.78. The summed E-state index contributed by atoms with van der Waals surface area (Å²) in [6.45, 7) is 1.64. The number of anilines is 2. The first kappa shape index (κ1) is 24.1. The minimum Gasteiger partial charge on any atom is -0.352 e. The number of nitrogens with one attached hydrogen (secondary N) is 3. The smallest absolute Gasteiger partial charge is 0.312 e. The summed E-state index contributed by atoms with van der Waals surface area (Å²) in [5.41, 5.74) is 7.02. The van der Waals surface area contributed by atoms with Crippen LogP contribution in [0, 0.1) is 6.92 Å². The molecule has 0 saturated carbocycles. The molecule has 3 aromatic rings. The third-order valence-corrected chi connectivity index (χ3v) is 6.62. The first-order chi connectivity index (χ1) is 15.7. The quantitative estimate of drug-likeness (QED) is 0.387. The molecule has 0 saturated heterocycles. The number of urea groups is 1. The van der Waals surface area contributed by atoms with Crippen molar-refractivity contribution in [1.82, 2.24) is 5.32 Å². The molecular weight excluding hydrogens is 464 g/mol. The highest BCUT2D eigenvalue weighted by Crippen LogP contribution is 2.27. The number of primary amides is 1. The summed E-state index contributed by atoms with van der Waals surface area (Å²) < 4.78 is 28.4. The Hall–Kier alpha value is -3.56. The number of benzene rings is 3. The van der Waals surface area contributed by atoms with Crippen LogP contribution in [-0.2, 0) is 21.2 Å². The van der Waals surface area contributed by atoms with Crippen LogP contribution in [0.4, 0.5) is 16.2 Å². The van der Waals surface area contributed by atoms with Gasteiger partial charge >= 0.3 is 6.03 Å². The SMILES string of the molecule is Cc1ccc(NC(=O)C(Cc2ccccc2)NC(N)=O)cc1S(=O)(=O)Nc1ccccc1Cl. The van der Waals surface area contributed by atoms with E-state index in [0.717, 1.165) is 5.56 Å². The normalized spacial score (nSPS) is 11.9. The van der Waals surface area contributed by atoms with Gasteiger partial charge in [0.05, 0.1) is 15.6 Å². The monoisotopic (exact) mass is 486 g/mol. The predicted molar refractivity (Wildman–Crippen MR) is 129 cm³/mol. The van der Waals surface area contributed by atoms with Gasteiger partial charge in [0.25, 0.3) is 10.0 Å². The number of amides is 3. The summed E-state index contributed by atoms with van der Waals surface area (Å²) in [4.78, 5) is 24.3. The number of sulfonamides is 1. The number of hydrogen-bond donors (Lipinski definition) is 4. The number of carbonyl (C=O) groups is 2. The molecule has 0 aliphatic carbocycles. The molecule has 1 atom stereocenters. The number of hydrogen-bond acceptors (Lipinski definition) is 4. The Morgan fingerprint density at radius 2 is 1.67 bits per heavy atom. The number of carbonyl (C=O) groups excluding carboxylic acids is 2. The van der Waals surface area contributed by atoms with Gasteiger partial charge in [-0.15, -0.1) is 0 Å². The lowest BCUT2D eigenvalue weighted by atomic mass is 10.1. The average molecular weight is 487 g/mol. The van der Waals surface area contributed by atoms with E-state index in [-0.39, 0.29) is 27.7 Å². The van der Waals surface area contributed by atoms with Crippen LogP contribution < -0.4 is 21.1 Å². The Kier molecular flexibility index (Phi) is 7.57. The van der Waals surface area contributed by atoms with E-state index in [1.54, 1.807) is 43.3 Å². The molecule has 0 aromatic heterocycles. The lowest BCUT2D eigenvalue weighted by Gasteiger charge is -2.18. The van der Waals surface area contributed by atoms with Crippen LogP contribution in [0.3, 0.4) is 0 Å². The van der Waals surface area contributed by atoms with Gasteiger partial charge in [0, 0.05) is 12.1 Å². The van der Waals surface area contributed by atoms with Crippen LogP contribution in [0.1, 0.15) is 11.1 Å². The highest BCUT2D eigenvalue weighted by Gasteiger charge is 2.23. The van der Waals surface area contributed by atoms with Crippen molar-refractivity contribution in [3.63, 3.8) is 0 Å². The molecule has 3 amide bonds. The van der Waals surface area contributed by atoms with Crippen LogP contribution in [-0.4, -0.2) is 26.4 Å². The Morgan fingerprint density at radius 3 is 2.33 bits per heavy atom. The first-order valence-electron chi connectivity index (χ1n) is 9.94. The van der Waals surface area contributed by atoms with Crippen LogP contribution in [0.2, 0.25) is 5.02 Å². The Labute approximate surface area is 197 Å². The Morgan fingerprint density at radius 1 is 1.00 bits per heavy atom. The summed E-state index contributed by atoms with van der Waals surface area (Å²) in [7, 11) is -3.99. The zero-order valence-electron chi connectivity index (χ0n) is 17.7. The standard InChI is InChI=1S/C23H23ClN4O4S/c1-15-11-12-17(14-21(15)33(31,32)28-19-10-6-5-9-18(19)24)26-22(29)20(27-23(25)30)13-16-7-3-2-4-8-16/h2-12,14,20,28H,13H2,1H3,(H,26,29)(H3,25,27,30). The molecular formula is C23H23ClN4O4S. The van der Waals surface area contributed by atoms with E-state index in [0.29, 0.717) is 5.56 Å². The van der Waals surface area contributed by atoms with Crippen molar-refractivity contribution in [2.75, 3.05) is 10.0 Å². The maximum Gasteiger partial charge on any atom is 0.312 e. The van der Waals surface area contributed by atoms with Gasteiger partial charge in [-0.05, 0) is 42.3 Å². The van der Waals surface area contributed by atoms with Gasteiger partial charge < -0.3 is 16.4 Å². The minimum atomic E-state index is -3.99. The highest BCUT2D eigenvalue weighted by atomic mass is 35.5. The lowest BCUT2D eigenvalue weighted by molar-refractivity contribution is -0.117. The molecule has 0 bridgehead atoms. The summed E-state index contributed by atoms with van der Waals surface area (Å²) in [5.74, 6) is -0.538. The summed E-state index contributed by atoms with van der Waals surface area (Å²) in [6.07, 6.45) is 0.209. The maximum atomic E-state index is 13.0. The van der Waals surface area contributed by atoms with Gasteiger partial charge in [-0.3, -0.25) is 9.52 Å². The zero-order valence-corrected chi connectivity index (χ0v) is 19.3. The molecule has 3 rings (SSSR count). The van der Waals surface area contributed by atoms with E-state index >= 15 is 0 Å². The van der Waals surface area contributed by atoms with Crippen molar-refractivity contribution in [3.8, 4) is 0 Å². The van der Waals surface area contributed by atoms with E-state index in [1.165, 1.54) is 6.07 Å². The molecule has 3 aromatic carbocycles. The van der Waals surface area contributed by atoms with E-state index in [4.69, 9.17) is 17.3 Å². The maximum absolute atomic E-state index is 13.0. The molecule has 0 radical (unpaired) electrons. The summed E-state index contributed by atoms with van der Waals surface area (Å²) in [6, 6.07) is 18.3. The summed E-state index contributed by atoms with van der Waals surface area (Å²) >= 11 is 6.07. The molecule has 0 aliphatic rings. The van der Waals surface area contributed by atoms with Crippen LogP contribution in [0.15, 0.2) is 77.7 Å². The number of nitrogens with two attached hydrogens (primary N) is 1. The van der Waals surface area contributed by atoms with Gasteiger partial charge in [-0.25, -0.2) is 13.2 Å². The van der Waals surface area contributed by atoms with Gasteiger partial charge in [0.1, 0.15) is 6.04 Å². The second kappa shape index (κ2) is 10.4. The molecule has 5 N–H and O–H groups in total.